The number of methoxy groups -OCH3 is 2. The molecule has 3 N–H and O–H groups in total. The van der Waals surface area contributed by atoms with Crippen LogP contribution in [0.2, 0.25) is 0 Å². The van der Waals surface area contributed by atoms with Crippen molar-refractivity contribution in [3.8, 4) is 0 Å². The summed E-state index contributed by atoms with van der Waals surface area (Å²) in [6.07, 6.45) is -0.337. The van der Waals surface area contributed by atoms with Gasteiger partial charge in [0.25, 0.3) is 0 Å². The van der Waals surface area contributed by atoms with Gasteiger partial charge >= 0.3 is 0 Å². The van der Waals surface area contributed by atoms with Gasteiger partial charge in [0.2, 0.25) is 10.0 Å². The first-order valence-corrected chi connectivity index (χ1v) is 8.32. The van der Waals surface area contributed by atoms with Crippen molar-refractivity contribution in [2.45, 2.75) is 11.9 Å². The van der Waals surface area contributed by atoms with Gasteiger partial charge in [0.05, 0.1) is 18.5 Å². The molecule has 0 saturated heterocycles. The summed E-state index contributed by atoms with van der Waals surface area (Å²) in [5.41, 5.74) is 6.73. The Balaban J connectivity index is 2.75. The molecule has 118 valence electrons. The quantitative estimate of drug-likeness (QED) is 0.636. The molecule has 6 nitrogen and oxygen atoms in total. The van der Waals surface area contributed by atoms with E-state index in [1.165, 1.54) is 14.2 Å². The van der Waals surface area contributed by atoms with Crippen molar-refractivity contribution in [2.75, 3.05) is 27.4 Å². The number of sulfonamides is 1. The van der Waals surface area contributed by atoms with Gasteiger partial charge < -0.3 is 15.2 Å². The first-order chi connectivity index (χ1) is 9.89. The minimum atomic E-state index is -3.51. The molecule has 0 bridgehead atoms. The van der Waals surface area contributed by atoms with Crippen LogP contribution in [0.25, 0.3) is 0 Å². The standard InChI is InChI=1S/C13H20N2O4S2/c1-18-8-11(19-2)7-15-21(16,17)9-10-5-3-4-6-12(10)13(14)20/h3-6,11,15H,7-9H2,1-2H3,(H2,14,20). The SMILES string of the molecule is COCC(CNS(=O)(=O)Cc1ccccc1C(N)=S)OC. The fourth-order valence-corrected chi connectivity index (χ4v) is 3.16. The van der Waals surface area contributed by atoms with Crippen molar-refractivity contribution in [2.24, 2.45) is 5.73 Å². The number of hydrogen-bond acceptors (Lipinski definition) is 5. The van der Waals surface area contributed by atoms with Crippen LogP contribution in [0.15, 0.2) is 24.3 Å². The van der Waals surface area contributed by atoms with Crippen molar-refractivity contribution in [1.82, 2.24) is 4.72 Å². The van der Waals surface area contributed by atoms with Crippen LogP contribution in [0.4, 0.5) is 0 Å². The second kappa shape index (κ2) is 8.40. The van der Waals surface area contributed by atoms with Gasteiger partial charge in [0.15, 0.2) is 0 Å². The van der Waals surface area contributed by atoms with Crippen LogP contribution in [-0.4, -0.2) is 46.9 Å². The van der Waals surface area contributed by atoms with Crippen LogP contribution in [0.5, 0.6) is 0 Å². The highest BCUT2D eigenvalue weighted by molar-refractivity contribution is 7.88. The van der Waals surface area contributed by atoms with E-state index in [2.05, 4.69) is 4.72 Å². The van der Waals surface area contributed by atoms with E-state index in [9.17, 15) is 8.42 Å². The minimum Gasteiger partial charge on any atom is -0.389 e. The van der Waals surface area contributed by atoms with Crippen LogP contribution < -0.4 is 10.5 Å². The van der Waals surface area contributed by atoms with Crippen molar-refractivity contribution in [3.05, 3.63) is 35.4 Å². The molecule has 1 aromatic carbocycles. The molecule has 8 heteroatoms. The van der Waals surface area contributed by atoms with Gasteiger partial charge in [-0.2, -0.15) is 0 Å². The Kier molecular flexibility index (Phi) is 7.20. The van der Waals surface area contributed by atoms with Gasteiger partial charge in [-0.25, -0.2) is 13.1 Å². The van der Waals surface area contributed by atoms with Gasteiger partial charge in [0.1, 0.15) is 4.99 Å². The van der Waals surface area contributed by atoms with E-state index in [-0.39, 0.29) is 23.4 Å². The van der Waals surface area contributed by atoms with Gasteiger partial charge in [-0.1, -0.05) is 36.5 Å². The second-order valence-electron chi connectivity index (χ2n) is 4.44. The highest BCUT2D eigenvalue weighted by atomic mass is 32.2. The van der Waals surface area contributed by atoms with E-state index in [1.807, 2.05) is 0 Å². The van der Waals surface area contributed by atoms with E-state index >= 15 is 0 Å². The summed E-state index contributed by atoms with van der Waals surface area (Å²) in [5.74, 6) is -0.191. The molecule has 0 amide bonds. The van der Waals surface area contributed by atoms with E-state index in [0.29, 0.717) is 17.7 Å². The number of ether oxygens (including phenoxy) is 2. The number of nitrogens with two attached hydrogens (primary N) is 1. The van der Waals surface area contributed by atoms with Crippen molar-refractivity contribution < 1.29 is 17.9 Å². The normalized spacial score (nSPS) is 13.0. The lowest BCUT2D eigenvalue weighted by molar-refractivity contribution is 0.0320. The Morgan fingerprint density at radius 3 is 2.62 bits per heavy atom. The maximum atomic E-state index is 12.1. The zero-order valence-corrected chi connectivity index (χ0v) is 13.7. The Hall–Kier alpha value is -1.06. The van der Waals surface area contributed by atoms with E-state index in [4.69, 9.17) is 27.4 Å². The highest BCUT2D eigenvalue weighted by Gasteiger charge is 2.17. The maximum absolute atomic E-state index is 12.1. The molecule has 0 aliphatic heterocycles. The third kappa shape index (κ3) is 6.06. The molecule has 0 aromatic heterocycles. The number of nitrogens with one attached hydrogen (secondary N) is 1. The Labute approximate surface area is 130 Å². The summed E-state index contributed by atoms with van der Waals surface area (Å²) in [6.45, 7) is 0.449. The van der Waals surface area contributed by atoms with Crippen molar-refractivity contribution in [1.29, 1.82) is 0 Å². The largest absolute Gasteiger partial charge is 0.389 e. The number of rotatable bonds is 9. The van der Waals surface area contributed by atoms with E-state index in [0.717, 1.165) is 0 Å². The molecule has 21 heavy (non-hydrogen) atoms. The molecule has 0 radical (unpaired) electrons. The fraction of sp³-hybridized carbons (Fsp3) is 0.462. The summed E-state index contributed by atoms with van der Waals surface area (Å²) in [5, 5.41) is 0. The van der Waals surface area contributed by atoms with Gasteiger partial charge in [-0.15, -0.1) is 0 Å². The molecule has 1 atom stereocenters. The molecule has 0 saturated carbocycles. The third-order valence-corrected chi connectivity index (χ3v) is 4.36. The number of hydrogen-bond donors (Lipinski definition) is 2. The number of benzene rings is 1. The lowest BCUT2D eigenvalue weighted by Crippen LogP contribution is -2.36. The molecule has 1 unspecified atom stereocenters. The lowest BCUT2D eigenvalue weighted by Gasteiger charge is -2.15. The summed E-state index contributed by atoms with van der Waals surface area (Å²) >= 11 is 4.92. The molecule has 0 heterocycles. The van der Waals surface area contributed by atoms with Gasteiger partial charge in [0, 0.05) is 26.3 Å². The monoisotopic (exact) mass is 332 g/mol. The summed E-state index contributed by atoms with van der Waals surface area (Å²) < 4.78 is 36.7. The van der Waals surface area contributed by atoms with E-state index in [1.54, 1.807) is 24.3 Å². The lowest BCUT2D eigenvalue weighted by atomic mass is 10.1. The predicted molar refractivity (Wildman–Crippen MR) is 85.6 cm³/mol. The Morgan fingerprint density at radius 2 is 2.05 bits per heavy atom. The summed E-state index contributed by atoms with van der Waals surface area (Å²) in [7, 11) is -0.488. The van der Waals surface area contributed by atoms with Crippen LogP contribution in [0, 0.1) is 0 Å². The van der Waals surface area contributed by atoms with Crippen LogP contribution >= 0.6 is 12.2 Å². The van der Waals surface area contributed by atoms with Crippen molar-refractivity contribution in [3.63, 3.8) is 0 Å². The molecular formula is C13H20N2O4S2. The second-order valence-corrected chi connectivity index (χ2v) is 6.69. The zero-order valence-electron chi connectivity index (χ0n) is 12.0. The third-order valence-electron chi connectivity index (χ3n) is 2.85. The topological polar surface area (TPSA) is 90.7 Å². The average molecular weight is 332 g/mol. The summed E-state index contributed by atoms with van der Waals surface area (Å²) in [4.78, 5) is 0.176. The summed E-state index contributed by atoms with van der Waals surface area (Å²) in [6, 6.07) is 6.90. The molecule has 0 fully saturated rings. The fourth-order valence-electron chi connectivity index (χ4n) is 1.76. The molecule has 0 aliphatic rings. The van der Waals surface area contributed by atoms with Crippen LogP contribution in [-0.2, 0) is 25.2 Å². The first-order valence-electron chi connectivity index (χ1n) is 6.26. The molecule has 1 aromatic rings. The average Bonchev–Trinajstić information content (AvgIpc) is 2.43. The minimum absolute atomic E-state index is 0.141. The Morgan fingerprint density at radius 1 is 1.38 bits per heavy atom. The molecular weight excluding hydrogens is 312 g/mol. The molecule has 1 rings (SSSR count). The first kappa shape index (κ1) is 18.0. The van der Waals surface area contributed by atoms with Crippen LogP contribution in [0.1, 0.15) is 11.1 Å². The molecule has 0 aliphatic carbocycles. The van der Waals surface area contributed by atoms with Gasteiger partial charge in [-0.3, -0.25) is 0 Å². The zero-order chi connectivity index (χ0) is 15.9. The number of thiocarbonyl (C=S) groups is 1. The van der Waals surface area contributed by atoms with Gasteiger partial charge in [-0.05, 0) is 5.56 Å². The van der Waals surface area contributed by atoms with Crippen molar-refractivity contribution >= 4 is 27.2 Å². The predicted octanol–water partition coefficient (Wildman–Crippen LogP) is 0.402. The Bertz CT molecular complexity index is 575. The molecule has 0 spiro atoms. The van der Waals surface area contributed by atoms with Crippen LogP contribution in [0.3, 0.4) is 0 Å². The smallest absolute Gasteiger partial charge is 0.215 e. The highest BCUT2D eigenvalue weighted by Crippen LogP contribution is 2.12. The maximum Gasteiger partial charge on any atom is 0.215 e. The van der Waals surface area contributed by atoms with E-state index < -0.39 is 10.0 Å².